The summed E-state index contributed by atoms with van der Waals surface area (Å²) in [6, 6.07) is 0. The molecule has 16 heavy (non-hydrogen) atoms. The summed E-state index contributed by atoms with van der Waals surface area (Å²) in [7, 11) is 0. The van der Waals surface area contributed by atoms with Crippen molar-refractivity contribution < 1.29 is 0 Å². The van der Waals surface area contributed by atoms with E-state index in [2.05, 4.69) is 38.8 Å². The molecule has 0 heterocycles. The number of nitrogens with zero attached hydrogens (tertiary/aromatic N) is 1. The van der Waals surface area contributed by atoms with E-state index in [1.165, 1.54) is 45.2 Å². The molecule has 0 amide bonds. The van der Waals surface area contributed by atoms with Crippen LogP contribution >= 0.6 is 0 Å². The van der Waals surface area contributed by atoms with Crippen molar-refractivity contribution in [1.82, 2.24) is 4.90 Å². The van der Waals surface area contributed by atoms with Crippen molar-refractivity contribution in [3.63, 3.8) is 0 Å². The lowest BCUT2D eigenvalue weighted by atomic mass is 9.95. The average molecular weight is 223 g/mol. The Hall–Kier alpha value is -0.460. The van der Waals surface area contributed by atoms with E-state index in [0.29, 0.717) is 0 Å². The number of allylic oxidation sites excluding steroid dienone is 1. The third kappa shape index (κ3) is 5.58. The van der Waals surface area contributed by atoms with E-state index >= 15 is 0 Å². The molecule has 0 spiro atoms. The van der Waals surface area contributed by atoms with E-state index in [1.807, 2.05) is 0 Å². The molecule has 0 saturated heterocycles. The highest BCUT2D eigenvalue weighted by atomic mass is 15.1. The van der Waals surface area contributed by atoms with Crippen LogP contribution in [-0.4, -0.2) is 18.0 Å². The van der Waals surface area contributed by atoms with Crippen LogP contribution in [0.4, 0.5) is 0 Å². The third-order valence-electron chi connectivity index (χ3n) is 3.06. The molecule has 1 rings (SSSR count). The fourth-order valence-corrected chi connectivity index (χ4v) is 2.51. The summed E-state index contributed by atoms with van der Waals surface area (Å²) in [6.45, 7) is 11.7. The summed E-state index contributed by atoms with van der Waals surface area (Å²) in [5, 5.41) is 0. The topological polar surface area (TPSA) is 3.24 Å². The van der Waals surface area contributed by atoms with Crippen molar-refractivity contribution in [3.05, 3.63) is 11.8 Å². The van der Waals surface area contributed by atoms with Crippen LogP contribution in [0.2, 0.25) is 0 Å². The number of hydrogen-bond acceptors (Lipinski definition) is 1. The van der Waals surface area contributed by atoms with Gasteiger partial charge in [-0.15, -0.1) is 0 Å². The molecule has 0 bridgehead atoms. The van der Waals surface area contributed by atoms with Crippen LogP contribution in [0.3, 0.4) is 0 Å². The minimum Gasteiger partial charge on any atom is -0.377 e. The van der Waals surface area contributed by atoms with Crippen LogP contribution in [0.5, 0.6) is 0 Å². The molecule has 1 heteroatoms. The minimum atomic E-state index is 0.763. The van der Waals surface area contributed by atoms with Gasteiger partial charge in [0.15, 0.2) is 0 Å². The quantitative estimate of drug-likeness (QED) is 0.665. The van der Waals surface area contributed by atoms with E-state index in [9.17, 15) is 0 Å². The first-order valence-corrected chi connectivity index (χ1v) is 7.01. The maximum Gasteiger partial charge on any atom is 0.0195 e. The van der Waals surface area contributed by atoms with Gasteiger partial charge in [-0.2, -0.15) is 0 Å². The summed E-state index contributed by atoms with van der Waals surface area (Å²) >= 11 is 0. The summed E-state index contributed by atoms with van der Waals surface area (Å²) in [4.78, 5) is 2.55. The molecular formula is C15H29N. The zero-order valence-electron chi connectivity index (χ0n) is 11.6. The molecule has 0 aromatic heterocycles. The van der Waals surface area contributed by atoms with Gasteiger partial charge in [-0.3, -0.25) is 0 Å². The highest BCUT2D eigenvalue weighted by Crippen LogP contribution is 2.23. The Morgan fingerprint density at radius 2 is 1.44 bits per heavy atom. The third-order valence-corrected chi connectivity index (χ3v) is 3.06. The van der Waals surface area contributed by atoms with Crippen molar-refractivity contribution in [2.24, 2.45) is 11.8 Å². The Labute approximate surface area is 102 Å². The van der Waals surface area contributed by atoms with Gasteiger partial charge in [0, 0.05) is 13.1 Å². The van der Waals surface area contributed by atoms with E-state index < -0.39 is 0 Å². The predicted octanol–water partition coefficient (Wildman–Crippen LogP) is 4.45. The van der Waals surface area contributed by atoms with Crippen LogP contribution in [-0.2, 0) is 0 Å². The molecule has 1 nitrogen and oxygen atoms in total. The van der Waals surface area contributed by atoms with Gasteiger partial charge < -0.3 is 4.90 Å². The molecule has 0 radical (unpaired) electrons. The largest absolute Gasteiger partial charge is 0.377 e. The summed E-state index contributed by atoms with van der Waals surface area (Å²) in [5.41, 5.74) is 1.69. The van der Waals surface area contributed by atoms with Gasteiger partial charge in [-0.25, -0.2) is 0 Å². The second-order valence-corrected chi connectivity index (χ2v) is 6.09. The lowest BCUT2D eigenvalue weighted by molar-refractivity contribution is 0.292. The maximum atomic E-state index is 2.55. The van der Waals surface area contributed by atoms with E-state index in [1.54, 1.807) is 5.57 Å². The first-order chi connectivity index (χ1) is 7.58. The number of rotatable bonds is 5. The van der Waals surface area contributed by atoms with Crippen LogP contribution in [0, 0.1) is 11.8 Å². The minimum absolute atomic E-state index is 0.763. The highest BCUT2D eigenvalue weighted by Gasteiger charge is 2.10. The van der Waals surface area contributed by atoms with Gasteiger partial charge in [0.2, 0.25) is 0 Å². The Morgan fingerprint density at radius 1 is 0.938 bits per heavy atom. The van der Waals surface area contributed by atoms with E-state index in [4.69, 9.17) is 0 Å². The van der Waals surface area contributed by atoms with Gasteiger partial charge in [0.05, 0.1) is 0 Å². The van der Waals surface area contributed by atoms with Crippen molar-refractivity contribution in [2.75, 3.05) is 13.1 Å². The van der Waals surface area contributed by atoms with Crippen molar-refractivity contribution in [1.29, 1.82) is 0 Å². The Kier molecular flexibility index (Phi) is 5.94. The predicted molar refractivity (Wildman–Crippen MR) is 72.4 cm³/mol. The fourth-order valence-electron chi connectivity index (χ4n) is 2.51. The molecule has 1 fully saturated rings. The summed E-state index contributed by atoms with van der Waals surface area (Å²) in [6.07, 6.45) is 9.40. The molecule has 94 valence electrons. The molecule has 0 N–H and O–H groups in total. The normalized spacial score (nSPS) is 17.0. The SMILES string of the molecule is CC(C)CN(C=C1CCCCC1)CC(C)C. The van der Waals surface area contributed by atoms with Gasteiger partial charge in [-0.1, -0.05) is 39.7 Å². The van der Waals surface area contributed by atoms with Crippen molar-refractivity contribution >= 4 is 0 Å². The molecule has 1 aliphatic carbocycles. The Balaban J connectivity index is 2.52. The summed E-state index contributed by atoms with van der Waals surface area (Å²) < 4.78 is 0. The first-order valence-electron chi connectivity index (χ1n) is 7.01. The molecule has 0 atom stereocenters. The molecule has 1 aliphatic rings. The van der Waals surface area contributed by atoms with Crippen LogP contribution < -0.4 is 0 Å². The zero-order chi connectivity index (χ0) is 12.0. The summed E-state index contributed by atoms with van der Waals surface area (Å²) in [5.74, 6) is 1.53. The lowest BCUT2D eigenvalue weighted by Gasteiger charge is -2.27. The van der Waals surface area contributed by atoms with E-state index in [0.717, 1.165) is 11.8 Å². The maximum absolute atomic E-state index is 2.55. The molecule has 0 aromatic rings. The first kappa shape index (κ1) is 13.6. The monoisotopic (exact) mass is 223 g/mol. The molecule has 0 aliphatic heterocycles. The van der Waals surface area contributed by atoms with Crippen molar-refractivity contribution in [3.8, 4) is 0 Å². The Morgan fingerprint density at radius 3 is 1.88 bits per heavy atom. The molecule has 0 unspecified atom stereocenters. The second kappa shape index (κ2) is 6.98. The Bertz CT molecular complexity index is 197. The van der Waals surface area contributed by atoms with Crippen molar-refractivity contribution in [2.45, 2.75) is 59.8 Å². The van der Waals surface area contributed by atoms with Gasteiger partial charge >= 0.3 is 0 Å². The van der Waals surface area contributed by atoms with Gasteiger partial charge in [0.1, 0.15) is 0 Å². The molecular weight excluding hydrogens is 194 g/mol. The van der Waals surface area contributed by atoms with E-state index in [-0.39, 0.29) is 0 Å². The molecule has 1 saturated carbocycles. The molecule has 0 aromatic carbocycles. The average Bonchev–Trinajstić information content (AvgIpc) is 2.16. The van der Waals surface area contributed by atoms with Gasteiger partial charge in [0.25, 0.3) is 0 Å². The standard InChI is InChI=1S/C15H29N/c1-13(2)10-16(11-14(3)4)12-15-8-6-5-7-9-15/h12-14H,5-11H2,1-4H3. The highest BCUT2D eigenvalue weighted by molar-refractivity contribution is 5.03. The van der Waals surface area contributed by atoms with Crippen LogP contribution in [0.25, 0.3) is 0 Å². The zero-order valence-corrected chi connectivity index (χ0v) is 11.6. The smallest absolute Gasteiger partial charge is 0.0195 e. The fraction of sp³-hybridized carbons (Fsp3) is 0.867. The van der Waals surface area contributed by atoms with Gasteiger partial charge in [-0.05, 0) is 43.7 Å². The van der Waals surface area contributed by atoms with Crippen LogP contribution in [0.1, 0.15) is 59.8 Å². The second-order valence-electron chi connectivity index (χ2n) is 6.09. The number of hydrogen-bond donors (Lipinski definition) is 0. The van der Waals surface area contributed by atoms with Crippen LogP contribution in [0.15, 0.2) is 11.8 Å². The lowest BCUT2D eigenvalue weighted by Crippen LogP contribution is -2.27.